The van der Waals surface area contributed by atoms with Crippen molar-refractivity contribution in [3.05, 3.63) is 60.2 Å². The zero-order valence-corrected chi connectivity index (χ0v) is 21.4. The molecule has 0 bridgehead atoms. The maximum Gasteiger partial charge on any atom is 0.259 e. The summed E-state index contributed by atoms with van der Waals surface area (Å²) in [6, 6.07) is 12.0. The largest absolute Gasteiger partial charge is 0.378 e. The molecule has 0 aliphatic carbocycles. The van der Waals surface area contributed by atoms with E-state index in [0.717, 1.165) is 69.3 Å². The monoisotopic (exact) mass is 513 g/mol. The van der Waals surface area contributed by atoms with Crippen LogP contribution in [0.2, 0.25) is 0 Å². The van der Waals surface area contributed by atoms with Gasteiger partial charge in [0, 0.05) is 49.8 Å². The molecular weight excluding hydrogens is 482 g/mol. The Morgan fingerprint density at radius 3 is 2.50 bits per heavy atom. The number of benzene rings is 1. The lowest BCUT2D eigenvalue weighted by molar-refractivity contribution is 0.102. The normalized spacial score (nSPS) is 15.9. The quantitative estimate of drug-likeness (QED) is 0.433. The Labute approximate surface area is 221 Å². The standard InChI is InChI=1S/C27H31N9O2/c1-35(21-6-8-29-9-7-21)24-14-25(34-26-18-30-20(15-28)16-31-26)32-17-23(24)27(37)33-19-2-4-22(5-3-19)36-10-12-38-13-11-36/h2-5,14,16-18,21,29H,6-13H2,1H3,(H,33,37)(H,31,32,34). The molecule has 0 unspecified atom stereocenters. The van der Waals surface area contributed by atoms with Crippen LogP contribution in [0.1, 0.15) is 28.9 Å². The van der Waals surface area contributed by atoms with Gasteiger partial charge in [-0.1, -0.05) is 0 Å². The average molecular weight is 514 g/mol. The van der Waals surface area contributed by atoms with Crippen molar-refractivity contribution < 1.29 is 9.53 Å². The smallest absolute Gasteiger partial charge is 0.259 e. The van der Waals surface area contributed by atoms with Gasteiger partial charge in [-0.15, -0.1) is 0 Å². The van der Waals surface area contributed by atoms with Gasteiger partial charge in [0.05, 0.1) is 36.9 Å². The molecule has 38 heavy (non-hydrogen) atoms. The summed E-state index contributed by atoms with van der Waals surface area (Å²) in [6.07, 6.45) is 6.43. The molecule has 2 aliphatic rings. The van der Waals surface area contributed by atoms with Crippen LogP contribution in [-0.4, -0.2) is 73.3 Å². The summed E-state index contributed by atoms with van der Waals surface area (Å²) < 4.78 is 5.44. The third-order valence-electron chi connectivity index (χ3n) is 6.89. The minimum atomic E-state index is -0.225. The second-order valence-electron chi connectivity index (χ2n) is 9.30. The molecular formula is C27H31N9O2. The second-order valence-corrected chi connectivity index (χ2v) is 9.30. The van der Waals surface area contributed by atoms with Crippen LogP contribution in [0.25, 0.3) is 0 Å². The maximum absolute atomic E-state index is 13.5. The molecule has 1 aromatic carbocycles. The van der Waals surface area contributed by atoms with Crippen LogP contribution in [-0.2, 0) is 4.74 Å². The van der Waals surface area contributed by atoms with E-state index >= 15 is 0 Å². The molecule has 3 aromatic rings. The van der Waals surface area contributed by atoms with Gasteiger partial charge < -0.3 is 30.5 Å². The highest BCUT2D eigenvalue weighted by Gasteiger charge is 2.24. The Kier molecular flexibility index (Phi) is 7.92. The summed E-state index contributed by atoms with van der Waals surface area (Å²) >= 11 is 0. The van der Waals surface area contributed by atoms with Crippen molar-refractivity contribution in [2.75, 3.05) is 66.9 Å². The van der Waals surface area contributed by atoms with Crippen LogP contribution in [0.3, 0.4) is 0 Å². The number of carbonyl (C=O) groups excluding carboxylic acids is 1. The van der Waals surface area contributed by atoms with E-state index in [2.05, 4.69) is 40.7 Å². The molecule has 3 N–H and O–H groups in total. The van der Waals surface area contributed by atoms with Gasteiger partial charge in [0.25, 0.3) is 5.91 Å². The molecule has 0 spiro atoms. The Bertz CT molecular complexity index is 1280. The summed E-state index contributed by atoms with van der Waals surface area (Å²) in [4.78, 5) is 30.6. The first-order chi connectivity index (χ1) is 18.6. The lowest BCUT2D eigenvalue weighted by atomic mass is 10.0. The molecule has 196 valence electrons. The van der Waals surface area contributed by atoms with E-state index in [0.29, 0.717) is 23.2 Å². The number of anilines is 5. The van der Waals surface area contributed by atoms with Crippen LogP contribution in [0.15, 0.2) is 48.9 Å². The first kappa shape index (κ1) is 25.4. The van der Waals surface area contributed by atoms with E-state index in [1.54, 1.807) is 6.20 Å². The first-order valence-corrected chi connectivity index (χ1v) is 12.8. The minimum absolute atomic E-state index is 0.225. The van der Waals surface area contributed by atoms with Crippen LogP contribution >= 0.6 is 0 Å². The number of piperidine rings is 1. The fourth-order valence-corrected chi connectivity index (χ4v) is 4.73. The summed E-state index contributed by atoms with van der Waals surface area (Å²) in [6.45, 7) is 5.03. The summed E-state index contributed by atoms with van der Waals surface area (Å²) in [5, 5.41) is 18.5. The fourth-order valence-electron chi connectivity index (χ4n) is 4.73. The Balaban J connectivity index is 1.37. The van der Waals surface area contributed by atoms with Crippen molar-refractivity contribution in [3.63, 3.8) is 0 Å². The lowest BCUT2D eigenvalue weighted by Crippen LogP contribution is -2.41. The number of rotatable bonds is 7. The number of hydrogen-bond donors (Lipinski definition) is 3. The van der Waals surface area contributed by atoms with Gasteiger partial charge in [-0.3, -0.25) is 4.79 Å². The third-order valence-corrected chi connectivity index (χ3v) is 6.89. The number of hydrogen-bond acceptors (Lipinski definition) is 10. The molecule has 2 aliphatic heterocycles. The van der Waals surface area contributed by atoms with Gasteiger partial charge in [-0.05, 0) is 50.2 Å². The highest BCUT2D eigenvalue weighted by atomic mass is 16.5. The van der Waals surface area contributed by atoms with Crippen molar-refractivity contribution in [3.8, 4) is 6.07 Å². The number of pyridine rings is 1. The van der Waals surface area contributed by atoms with E-state index in [4.69, 9.17) is 10.00 Å². The van der Waals surface area contributed by atoms with Gasteiger partial charge in [-0.2, -0.15) is 5.26 Å². The molecule has 2 aromatic heterocycles. The molecule has 5 rings (SSSR count). The van der Waals surface area contributed by atoms with Crippen LogP contribution in [0.4, 0.5) is 28.7 Å². The molecule has 2 saturated heterocycles. The maximum atomic E-state index is 13.5. The Hall–Kier alpha value is -4.27. The minimum Gasteiger partial charge on any atom is -0.378 e. The van der Waals surface area contributed by atoms with E-state index in [1.807, 2.05) is 43.4 Å². The highest BCUT2D eigenvalue weighted by molar-refractivity contribution is 6.08. The number of morpholine rings is 1. The zero-order chi connectivity index (χ0) is 26.3. The van der Waals surface area contributed by atoms with Crippen molar-refractivity contribution >= 4 is 34.6 Å². The zero-order valence-electron chi connectivity index (χ0n) is 21.4. The number of nitrogens with zero attached hydrogens (tertiary/aromatic N) is 6. The third kappa shape index (κ3) is 5.99. The number of amides is 1. The van der Waals surface area contributed by atoms with Crippen LogP contribution in [0.5, 0.6) is 0 Å². The van der Waals surface area contributed by atoms with Gasteiger partial charge in [0.2, 0.25) is 0 Å². The van der Waals surface area contributed by atoms with Crippen molar-refractivity contribution in [2.24, 2.45) is 0 Å². The SMILES string of the molecule is CN(c1cc(Nc2cnc(C#N)cn2)ncc1C(=O)Nc1ccc(N2CCOCC2)cc1)C1CCNCC1. The van der Waals surface area contributed by atoms with Crippen molar-refractivity contribution in [1.29, 1.82) is 5.26 Å². The number of nitriles is 1. The molecule has 2 fully saturated rings. The lowest BCUT2D eigenvalue weighted by Gasteiger charge is -2.34. The Morgan fingerprint density at radius 1 is 1.08 bits per heavy atom. The molecule has 0 radical (unpaired) electrons. The van der Waals surface area contributed by atoms with E-state index < -0.39 is 0 Å². The fraction of sp³-hybridized carbons (Fsp3) is 0.370. The second kappa shape index (κ2) is 11.9. The van der Waals surface area contributed by atoms with E-state index in [9.17, 15) is 4.79 Å². The predicted octanol–water partition coefficient (Wildman–Crippen LogP) is 2.76. The summed E-state index contributed by atoms with van der Waals surface area (Å²) in [5.41, 5.74) is 3.33. The molecule has 1 amide bonds. The topological polar surface area (TPSA) is 131 Å². The summed E-state index contributed by atoms with van der Waals surface area (Å²) in [5.74, 6) is 0.771. The van der Waals surface area contributed by atoms with Gasteiger partial charge in [0.15, 0.2) is 5.69 Å². The number of ether oxygens (including phenoxy) is 1. The average Bonchev–Trinajstić information content (AvgIpc) is 2.98. The summed E-state index contributed by atoms with van der Waals surface area (Å²) in [7, 11) is 2.02. The molecule has 4 heterocycles. The van der Waals surface area contributed by atoms with Gasteiger partial charge in [-0.25, -0.2) is 15.0 Å². The number of aromatic nitrogens is 3. The molecule has 0 atom stereocenters. The number of nitrogens with one attached hydrogen (secondary N) is 3. The predicted molar refractivity (Wildman–Crippen MR) is 146 cm³/mol. The van der Waals surface area contributed by atoms with Crippen LogP contribution < -0.4 is 25.8 Å². The van der Waals surface area contributed by atoms with E-state index in [1.165, 1.54) is 12.4 Å². The highest BCUT2D eigenvalue weighted by Crippen LogP contribution is 2.28. The van der Waals surface area contributed by atoms with Gasteiger partial charge in [0.1, 0.15) is 17.7 Å². The number of carbonyl (C=O) groups is 1. The van der Waals surface area contributed by atoms with Crippen molar-refractivity contribution in [2.45, 2.75) is 18.9 Å². The van der Waals surface area contributed by atoms with Crippen molar-refractivity contribution in [1.82, 2.24) is 20.3 Å². The molecule has 11 heteroatoms. The van der Waals surface area contributed by atoms with Crippen LogP contribution in [0, 0.1) is 11.3 Å². The van der Waals surface area contributed by atoms with Gasteiger partial charge >= 0.3 is 0 Å². The molecule has 11 nitrogen and oxygen atoms in total. The first-order valence-electron chi connectivity index (χ1n) is 12.8. The van der Waals surface area contributed by atoms with E-state index in [-0.39, 0.29) is 11.6 Å². The Morgan fingerprint density at radius 2 is 1.82 bits per heavy atom. The molecule has 0 saturated carbocycles.